The van der Waals surface area contributed by atoms with Gasteiger partial charge in [-0.15, -0.1) is 0 Å². The fourth-order valence-corrected chi connectivity index (χ4v) is 1.45. The van der Waals surface area contributed by atoms with Crippen LogP contribution < -0.4 is 0 Å². The molecule has 4 nitrogen and oxygen atoms in total. The lowest BCUT2D eigenvalue weighted by Gasteiger charge is -2.05. The van der Waals surface area contributed by atoms with Gasteiger partial charge >= 0.3 is 11.9 Å². The lowest BCUT2D eigenvalue weighted by Crippen LogP contribution is -1.99. The normalized spacial score (nSPS) is 11.1. The van der Waals surface area contributed by atoms with Crippen molar-refractivity contribution in [1.82, 2.24) is 0 Å². The van der Waals surface area contributed by atoms with E-state index >= 15 is 0 Å². The summed E-state index contributed by atoms with van der Waals surface area (Å²) in [5, 5.41) is 0. The van der Waals surface area contributed by atoms with Crippen molar-refractivity contribution in [2.24, 2.45) is 0 Å². The maximum atomic E-state index is 10.9. The Bertz CT molecular complexity index is 269. The van der Waals surface area contributed by atoms with Gasteiger partial charge in [-0.3, -0.25) is 9.59 Å². The Labute approximate surface area is 103 Å². The van der Waals surface area contributed by atoms with Crippen molar-refractivity contribution in [3.63, 3.8) is 0 Å². The summed E-state index contributed by atoms with van der Waals surface area (Å²) in [5.74, 6) is -0.473. The lowest BCUT2D eigenvalue weighted by atomic mass is 10.0. The van der Waals surface area contributed by atoms with Gasteiger partial charge in [0.2, 0.25) is 0 Å². The fraction of sp³-hybridized carbons (Fsp3) is 0.692. The highest BCUT2D eigenvalue weighted by atomic mass is 16.5. The third-order valence-electron chi connectivity index (χ3n) is 2.32. The zero-order chi connectivity index (χ0) is 13.1. The van der Waals surface area contributed by atoms with Gasteiger partial charge in [-0.1, -0.05) is 13.3 Å². The maximum Gasteiger partial charge on any atom is 0.307 e. The summed E-state index contributed by atoms with van der Waals surface area (Å²) >= 11 is 0. The molecule has 0 fully saturated rings. The first-order valence-electron chi connectivity index (χ1n) is 6.02. The third kappa shape index (κ3) is 9.60. The highest BCUT2D eigenvalue weighted by Gasteiger charge is 2.02. The van der Waals surface area contributed by atoms with E-state index in [9.17, 15) is 9.59 Å². The average molecular weight is 242 g/mol. The summed E-state index contributed by atoms with van der Waals surface area (Å²) in [4.78, 5) is 21.6. The fourth-order valence-electron chi connectivity index (χ4n) is 1.45. The van der Waals surface area contributed by atoms with Crippen molar-refractivity contribution in [1.29, 1.82) is 0 Å². The molecule has 0 rings (SSSR count). The highest BCUT2D eigenvalue weighted by Crippen LogP contribution is 2.15. The molecule has 17 heavy (non-hydrogen) atoms. The minimum Gasteiger partial charge on any atom is -0.469 e. The molecule has 0 spiro atoms. The SMILES string of the molecule is CCC/C(=C/OC(C)=O)CCCCC(=O)OC. The van der Waals surface area contributed by atoms with Crippen molar-refractivity contribution in [2.75, 3.05) is 7.11 Å². The molecule has 0 atom stereocenters. The van der Waals surface area contributed by atoms with Crippen LogP contribution in [0.3, 0.4) is 0 Å². The number of carbonyl (C=O) groups excluding carboxylic acids is 2. The molecule has 0 aromatic rings. The summed E-state index contributed by atoms with van der Waals surface area (Å²) < 4.78 is 9.42. The van der Waals surface area contributed by atoms with Crippen molar-refractivity contribution in [2.45, 2.75) is 52.4 Å². The zero-order valence-electron chi connectivity index (χ0n) is 11.0. The van der Waals surface area contributed by atoms with Crippen molar-refractivity contribution >= 4 is 11.9 Å². The van der Waals surface area contributed by atoms with E-state index in [2.05, 4.69) is 11.7 Å². The van der Waals surface area contributed by atoms with Crippen LogP contribution in [0.25, 0.3) is 0 Å². The molecule has 0 saturated heterocycles. The second kappa shape index (κ2) is 9.87. The van der Waals surface area contributed by atoms with E-state index in [4.69, 9.17) is 4.74 Å². The minimum atomic E-state index is -0.298. The molecule has 0 unspecified atom stereocenters. The first-order valence-corrected chi connectivity index (χ1v) is 6.02. The predicted octanol–water partition coefficient (Wildman–Crippen LogP) is 2.97. The molecule has 0 aromatic carbocycles. The number of rotatable bonds is 8. The van der Waals surface area contributed by atoms with Crippen LogP contribution in [-0.2, 0) is 19.1 Å². The van der Waals surface area contributed by atoms with Gasteiger partial charge in [0.15, 0.2) is 0 Å². The quantitative estimate of drug-likeness (QED) is 0.373. The van der Waals surface area contributed by atoms with E-state index in [0.717, 1.165) is 37.7 Å². The van der Waals surface area contributed by atoms with Gasteiger partial charge in [-0.2, -0.15) is 0 Å². The van der Waals surface area contributed by atoms with Gasteiger partial charge in [0, 0.05) is 13.3 Å². The molecule has 0 saturated carbocycles. The Hall–Kier alpha value is -1.32. The number of unbranched alkanes of at least 4 members (excludes halogenated alkanes) is 1. The molecule has 0 heterocycles. The van der Waals surface area contributed by atoms with Crippen LogP contribution in [0.2, 0.25) is 0 Å². The third-order valence-corrected chi connectivity index (χ3v) is 2.32. The van der Waals surface area contributed by atoms with Crippen LogP contribution in [0, 0.1) is 0 Å². The van der Waals surface area contributed by atoms with Gasteiger partial charge in [0.05, 0.1) is 13.4 Å². The maximum absolute atomic E-state index is 10.9. The van der Waals surface area contributed by atoms with E-state index in [1.807, 2.05) is 0 Å². The molecule has 0 aromatic heterocycles. The minimum absolute atomic E-state index is 0.175. The Morgan fingerprint density at radius 1 is 1.12 bits per heavy atom. The summed E-state index contributed by atoms with van der Waals surface area (Å²) in [6.07, 6.45) is 6.50. The van der Waals surface area contributed by atoms with E-state index in [1.54, 1.807) is 6.26 Å². The predicted molar refractivity (Wildman–Crippen MR) is 65.2 cm³/mol. The number of hydrogen-bond acceptors (Lipinski definition) is 4. The summed E-state index contributed by atoms with van der Waals surface area (Å²) in [6, 6.07) is 0. The molecule has 0 amide bonds. The Morgan fingerprint density at radius 2 is 1.76 bits per heavy atom. The molecular formula is C13H22O4. The molecule has 0 radical (unpaired) electrons. The molecule has 0 aliphatic rings. The van der Waals surface area contributed by atoms with Crippen LogP contribution in [0.1, 0.15) is 52.4 Å². The number of hydrogen-bond donors (Lipinski definition) is 0. The van der Waals surface area contributed by atoms with E-state index in [0.29, 0.717) is 6.42 Å². The first-order chi connectivity index (χ1) is 8.10. The van der Waals surface area contributed by atoms with E-state index in [1.165, 1.54) is 14.0 Å². The molecule has 0 N–H and O–H groups in total. The van der Waals surface area contributed by atoms with Gasteiger partial charge in [0.1, 0.15) is 0 Å². The van der Waals surface area contributed by atoms with Crippen LogP contribution in [0.15, 0.2) is 11.8 Å². The highest BCUT2D eigenvalue weighted by molar-refractivity contribution is 5.69. The lowest BCUT2D eigenvalue weighted by molar-refractivity contribution is -0.140. The van der Waals surface area contributed by atoms with Gasteiger partial charge < -0.3 is 9.47 Å². The topological polar surface area (TPSA) is 52.6 Å². The molecule has 0 bridgehead atoms. The number of allylic oxidation sites excluding steroid dienone is 1. The average Bonchev–Trinajstić information content (AvgIpc) is 2.30. The Balaban J connectivity index is 3.88. The smallest absolute Gasteiger partial charge is 0.307 e. The standard InChI is InChI=1S/C13H22O4/c1-4-7-12(10-17-11(2)14)8-5-6-9-13(15)16-3/h10H,4-9H2,1-3H3/b12-10-. The molecule has 4 heteroatoms. The second-order valence-corrected chi connectivity index (χ2v) is 3.92. The monoisotopic (exact) mass is 242 g/mol. The summed E-state index contributed by atoms with van der Waals surface area (Å²) in [6.45, 7) is 3.47. The molecule has 0 aliphatic heterocycles. The number of carbonyl (C=O) groups is 2. The molecular weight excluding hydrogens is 220 g/mol. The molecule has 0 aliphatic carbocycles. The summed E-state index contributed by atoms with van der Waals surface area (Å²) in [5.41, 5.74) is 1.12. The number of ether oxygens (including phenoxy) is 2. The van der Waals surface area contributed by atoms with Gasteiger partial charge in [-0.05, 0) is 31.3 Å². The van der Waals surface area contributed by atoms with E-state index in [-0.39, 0.29) is 11.9 Å². The summed E-state index contributed by atoms with van der Waals surface area (Å²) in [7, 11) is 1.39. The van der Waals surface area contributed by atoms with Crippen LogP contribution in [0.5, 0.6) is 0 Å². The Kier molecular flexibility index (Phi) is 9.11. The second-order valence-electron chi connectivity index (χ2n) is 3.92. The Morgan fingerprint density at radius 3 is 2.29 bits per heavy atom. The van der Waals surface area contributed by atoms with Crippen molar-refractivity contribution in [3.8, 4) is 0 Å². The zero-order valence-corrected chi connectivity index (χ0v) is 11.0. The van der Waals surface area contributed by atoms with Crippen LogP contribution >= 0.6 is 0 Å². The first kappa shape index (κ1) is 15.7. The number of esters is 2. The van der Waals surface area contributed by atoms with Crippen LogP contribution in [-0.4, -0.2) is 19.0 Å². The number of methoxy groups -OCH3 is 1. The van der Waals surface area contributed by atoms with Crippen molar-refractivity contribution in [3.05, 3.63) is 11.8 Å². The van der Waals surface area contributed by atoms with E-state index < -0.39 is 0 Å². The van der Waals surface area contributed by atoms with Gasteiger partial charge in [0.25, 0.3) is 0 Å². The van der Waals surface area contributed by atoms with Gasteiger partial charge in [-0.25, -0.2) is 0 Å². The van der Waals surface area contributed by atoms with Crippen LogP contribution in [0.4, 0.5) is 0 Å². The van der Waals surface area contributed by atoms with Crippen molar-refractivity contribution < 1.29 is 19.1 Å². The largest absolute Gasteiger partial charge is 0.469 e. The molecule has 98 valence electrons.